The third kappa shape index (κ3) is 4.59. The molecule has 2 aliphatic rings. The molecule has 0 spiro atoms. The Kier molecular flexibility index (Phi) is 6.47. The van der Waals surface area contributed by atoms with Gasteiger partial charge in [0.2, 0.25) is 0 Å². The van der Waals surface area contributed by atoms with Crippen molar-refractivity contribution in [2.24, 2.45) is 11.8 Å². The molecule has 2 aliphatic heterocycles. The Morgan fingerprint density at radius 1 is 0.821 bits per heavy atom. The highest BCUT2D eigenvalue weighted by Gasteiger charge is 2.29. The average Bonchev–Trinajstić information content (AvgIpc) is 2.66. The Bertz CT molecular complexity index is 652. The van der Waals surface area contributed by atoms with Crippen LogP contribution in [0.1, 0.15) is 53.4 Å². The smallest absolute Gasteiger partial charge is 0.322 e. The number of hydrogen-bond acceptors (Lipinski definition) is 2. The Morgan fingerprint density at radius 2 is 1.25 bits per heavy atom. The first kappa shape index (κ1) is 20.5. The minimum absolute atomic E-state index is 0.0685. The molecule has 6 nitrogen and oxygen atoms in total. The van der Waals surface area contributed by atoms with Crippen LogP contribution in [0.3, 0.4) is 0 Å². The summed E-state index contributed by atoms with van der Waals surface area (Å²) in [5, 5.41) is 5.99. The third-order valence-corrected chi connectivity index (χ3v) is 6.63. The van der Waals surface area contributed by atoms with Crippen LogP contribution in [-0.4, -0.2) is 47.0 Å². The normalized spacial score (nSPS) is 28.0. The monoisotopic (exact) mass is 386 g/mol. The maximum absolute atomic E-state index is 12.7. The summed E-state index contributed by atoms with van der Waals surface area (Å²) in [5.74, 6) is 1.03. The molecular weight excluding hydrogens is 352 g/mol. The van der Waals surface area contributed by atoms with Gasteiger partial charge in [0, 0.05) is 36.5 Å². The van der Waals surface area contributed by atoms with Gasteiger partial charge in [-0.3, -0.25) is 0 Å². The van der Waals surface area contributed by atoms with Crippen LogP contribution in [0.5, 0.6) is 0 Å². The molecule has 0 radical (unpaired) electrons. The molecule has 2 N–H and O–H groups in total. The molecule has 28 heavy (non-hydrogen) atoms. The first-order valence-corrected chi connectivity index (χ1v) is 10.6. The predicted octanol–water partition coefficient (Wildman–Crippen LogP) is 4.99. The van der Waals surface area contributed by atoms with Gasteiger partial charge in [-0.05, 0) is 69.6 Å². The van der Waals surface area contributed by atoms with E-state index in [1.165, 1.54) is 12.8 Å². The molecule has 2 saturated heterocycles. The number of carbonyl (C=O) groups excluding carboxylic acids is 2. The number of nitrogens with one attached hydrogen (secondary N) is 2. The molecule has 0 saturated carbocycles. The van der Waals surface area contributed by atoms with E-state index in [-0.39, 0.29) is 24.1 Å². The standard InChI is InChI=1S/C22H34N4O2/c1-15-8-6-12-25(17(15)3)21(27)23-19-10-5-11-20(14-19)24-22(28)26-13-7-9-16(2)18(26)4/h5,10-11,14-18H,6-9,12-13H2,1-4H3,(H,23,27)(H,24,28)/t15-,16-,17-,18-/m0/s1. The van der Waals surface area contributed by atoms with Crippen LogP contribution in [-0.2, 0) is 0 Å². The fraction of sp³-hybridized carbons (Fsp3) is 0.636. The molecule has 1 aromatic rings. The van der Waals surface area contributed by atoms with Crippen molar-refractivity contribution in [3.8, 4) is 0 Å². The predicted molar refractivity (Wildman–Crippen MR) is 114 cm³/mol. The minimum atomic E-state index is -0.0685. The lowest BCUT2D eigenvalue weighted by molar-refractivity contribution is 0.138. The Hall–Kier alpha value is -2.24. The largest absolute Gasteiger partial charge is 0.322 e. The first-order chi connectivity index (χ1) is 13.4. The van der Waals surface area contributed by atoms with Gasteiger partial charge in [0.25, 0.3) is 0 Å². The van der Waals surface area contributed by atoms with Crippen molar-refractivity contribution in [3.05, 3.63) is 24.3 Å². The minimum Gasteiger partial charge on any atom is -0.322 e. The van der Waals surface area contributed by atoms with Gasteiger partial charge in [-0.25, -0.2) is 9.59 Å². The van der Waals surface area contributed by atoms with Crippen LogP contribution in [0.2, 0.25) is 0 Å². The maximum atomic E-state index is 12.7. The number of likely N-dealkylation sites (tertiary alicyclic amines) is 2. The van der Waals surface area contributed by atoms with E-state index in [1.54, 1.807) is 0 Å². The van der Waals surface area contributed by atoms with Crippen LogP contribution in [0.25, 0.3) is 0 Å². The number of carbonyl (C=O) groups is 2. The van der Waals surface area contributed by atoms with Crippen molar-refractivity contribution in [2.75, 3.05) is 23.7 Å². The molecule has 3 rings (SSSR count). The van der Waals surface area contributed by atoms with Crippen molar-refractivity contribution < 1.29 is 9.59 Å². The van der Waals surface area contributed by atoms with E-state index in [9.17, 15) is 9.59 Å². The van der Waals surface area contributed by atoms with E-state index in [0.29, 0.717) is 23.2 Å². The summed E-state index contributed by atoms with van der Waals surface area (Å²) in [6, 6.07) is 7.73. The van der Waals surface area contributed by atoms with Gasteiger partial charge < -0.3 is 20.4 Å². The van der Waals surface area contributed by atoms with Gasteiger partial charge in [0.1, 0.15) is 0 Å². The summed E-state index contributed by atoms with van der Waals surface area (Å²) in [6.07, 6.45) is 4.42. The van der Waals surface area contributed by atoms with Crippen molar-refractivity contribution in [1.29, 1.82) is 0 Å². The zero-order valence-electron chi connectivity index (χ0n) is 17.6. The van der Waals surface area contributed by atoms with E-state index in [2.05, 4.69) is 38.3 Å². The molecule has 2 heterocycles. The van der Waals surface area contributed by atoms with E-state index in [1.807, 2.05) is 34.1 Å². The average molecular weight is 387 g/mol. The molecular formula is C22H34N4O2. The molecule has 0 unspecified atom stereocenters. The summed E-state index contributed by atoms with van der Waals surface area (Å²) >= 11 is 0. The van der Waals surface area contributed by atoms with E-state index in [0.717, 1.165) is 25.9 Å². The highest BCUT2D eigenvalue weighted by atomic mass is 16.2. The Labute approximate surface area is 168 Å². The number of hydrogen-bond donors (Lipinski definition) is 2. The molecule has 6 heteroatoms. The number of nitrogens with zero attached hydrogens (tertiary/aromatic N) is 2. The zero-order chi connectivity index (χ0) is 20.3. The van der Waals surface area contributed by atoms with Crippen molar-refractivity contribution in [3.63, 3.8) is 0 Å². The van der Waals surface area contributed by atoms with Crippen LogP contribution < -0.4 is 10.6 Å². The van der Waals surface area contributed by atoms with Gasteiger partial charge in [0.05, 0.1) is 0 Å². The van der Waals surface area contributed by atoms with Gasteiger partial charge >= 0.3 is 12.1 Å². The molecule has 4 atom stereocenters. The highest BCUT2D eigenvalue weighted by molar-refractivity contribution is 5.93. The van der Waals surface area contributed by atoms with Gasteiger partial charge in [-0.15, -0.1) is 0 Å². The number of piperidine rings is 2. The van der Waals surface area contributed by atoms with Crippen LogP contribution in [0, 0.1) is 11.8 Å². The second-order valence-electron chi connectivity index (χ2n) is 8.55. The number of anilines is 2. The molecule has 0 bridgehead atoms. The van der Waals surface area contributed by atoms with Crippen LogP contribution >= 0.6 is 0 Å². The van der Waals surface area contributed by atoms with Crippen LogP contribution in [0.4, 0.5) is 21.0 Å². The second-order valence-corrected chi connectivity index (χ2v) is 8.55. The van der Waals surface area contributed by atoms with Gasteiger partial charge in [0.15, 0.2) is 0 Å². The first-order valence-electron chi connectivity index (χ1n) is 10.6. The Morgan fingerprint density at radius 3 is 1.68 bits per heavy atom. The highest BCUT2D eigenvalue weighted by Crippen LogP contribution is 2.26. The molecule has 0 aliphatic carbocycles. The molecule has 1 aromatic carbocycles. The SMILES string of the molecule is C[C@H]1CCCN(C(=O)Nc2cccc(NC(=O)N3CCC[C@H](C)[C@@H]3C)c2)[C@H]1C. The second kappa shape index (κ2) is 8.84. The van der Waals surface area contributed by atoms with Crippen molar-refractivity contribution in [2.45, 2.75) is 65.5 Å². The fourth-order valence-electron chi connectivity index (χ4n) is 4.31. The van der Waals surface area contributed by atoms with Crippen molar-refractivity contribution in [1.82, 2.24) is 9.80 Å². The number of urea groups is 2. The lowest BCUT2D eigenvalue weighted by atomic mass is 9.92. The van der Waals surface area contributed by atoms with E-state index < -0.39 is 0 Å². The van der Waals surface area contributed by atoms with Gasteiger partial charge in [-0.2, -0.15) is 0 Å². The lowest BCUT2D eigenvalue weighted by Gasteiger charge is -2.38. The van der Waals surface area contributed by atoms with Crippen LogP contribution in [0.15, 0.2) is 24.3 Å². The quantitative estimate of drug-likeness (QED) is 0.752. The molecule has 4 amide bonds. The summed E-state index contributed by atoms with van der Waals surface area (Å²) in [5.41, 5.74) is 1.40. The summed E-state index contributed by atoms with van der Waals surface area (Å²) in [4.78, 5) is 29.2. The van der Waals surface area contributed by atoms with E-state index in [4.69, 9.17) is 0 Å². The fourth-order valence-corrected chi connectivity index (χ4v) is 4.31. The van der Waals surface area contributed by atoms with Gasteiger partial charge in [-0.1, -0.05) is 19.9 Å². The van der Waals surface area contributed by atoms with Crippen molar-refractivity contribution >= 4 is 23.4 Å². The lowest BCUT2D eigenvalue weighted by Crippen LogP contribution is -2.48. The topological polar surface area (TPSA) is 64.7 Å². The number of amides is 4. The van der Waals surface area contributed by atoms with E-state index >= 15 is 0 Å². The third-order valence-electron chi connectivity index (χ3n) is 6.63. The molecule has 2 fully saturated rings. The summed E-state index contributed by atoms with van der Waals surface area (Å²) < 4.78 is 0. The zero-order valence-corrected chi connectivity index (χ0v) is 17.6. The maximum Gasteiger partial charge on any atom is 0.322 e. The number of rotatable bonds is 2. The number of benzene rings is 1. The molecule has 0 aromatic heterocycles. The molecule has 154 valence electrons. The Balaban J connectivity index is 1.62. The summed E-state index contributed by atoms with van der Waals surface area (Å²) in [6.45, 7) is 10.2. The summed E-state index contributed by atoms with van der Waals surface area (Å²) in [7, 11) is 0.